The van der Waals surface area contributed by atoms with Crippen LogP contribution in [0, 0.1) is 0 Å². The quantitative estimate of drug-likeness (QED) is 0.550. The van der Waals surface area contributed by atoms with E-state index in [9.17, 15) is 4.79 Å². The Hall–Kier alpha value is -2.55. The topological polar surface area (TPSA) is 35.5 Å². The maximum Gasteiger partial charge on any atom is 0.338 e. The molecule has 0 aliphatic carbocycles. The molecule has 0 aliphatic heterocycles. The first kappa shape index (κ1) is 17.8. The number of carbonyl (C=O) groups is 1. The molecule has 0 aromatic heterocycles. The molecule has 0 N–H and O–H groups in total. The summed E-state index contributed by atoms with van der Waals surface area (Å²) in [6.07, 6.45) is 0. The zero-order chi connectivity index (χ0) is 17.7. The lowest BCUT2D eigenvalue weighted by Gasteiger charge is -2.13. The van der Waals surface area contributed by atoms with Crippen LogP contribution in [-0.4, -0.2) is 19.7 Å². The summed E-state index contributed by atoms with van der Waals surface area (Å²) in [5, 5.41) is 0. The van der Waals surface area contributed by atoms with E-state index in [4.69, 9.17) is 9.47 Å². The average Bonchev–Trinajstić information content (AvgIpc) is 2.60. The Morgan fingerprint density at radius 1 is 1.12 bits per heavy atom. The van der Waals surface area contributed by atoms with Crippen LogP contribution >= 0.6 is 0 Å². The summed E-state index contributed by atoms with van der Waals surface area (Å²) in [4.78, 5) is 11.8. The van der Waals surface area contributed by atoms with Gasteiger partial charge >= 0.3 is 5.97 Å². The standard InChI is InChI=1S/C21H24O3/c1-6-24-21(22)15(4)16-7-9-17(10-8-16)19-13-18(14(2)3)11-12-20(19)23-5/h7-14H,4,6H2,1-3,5H3. The van der Waals surface area contributed by atoms with E-state index in [1.165, 1.54) is 5.56 Å². The minimum atomic E-state index is -0.385. The van der Waals surface area contributed by atoms with Crippen LogP contribution in [0.25, 0.3) is 16.7 Å². The monoisotopic (exact) mass is 324 g/mol. The van der Waals surface area contributed by atoms with Gasteiger partial charge in [-0.2, -0.15) is 0 Å². The highest BCUT2D eigenvalue weighted by molar-refractivity contribution is 6.15. The second-order valence-corrected chi connectivity index (χ2v) is 5.89. The van der Waals surface area contributed by atoms with Crippen molar-refractivity contribution in [2.75, 3.05) is 13.7 Å². The molecule has 0 radical (unpaired) electrons. The fourth-order valence-electron chi connectivity index (χ4n) is 2.50. The van der Waals surface area contributed by atoms with Crippen molar-refractivity contribution >= 4 is 11.5 Å². The summed E-state index contributed by atoms with van der Waals surface area (Å²) in [7, 11) is 1.67. The average molecular weight is 324 g/mol. The van der Waals surface area contributed by atoms with E-state index in [1.807, 2.05) is 30.3 Å². The Kier molecular flexibility index (Phi) is 5.80. The van der Waals surface area contributed by atoms with E-state index in [-0.39, 0.29) is 5.97 Å². The number of hydrogen-bond donors (Lipinski definition) is 0. The Labute approximate surface area is 143 Å². The van der Waals surface area contributed by atoms with Gasteiger partial charge in [0, 0.05) is 5.56 Å². The normalized spacial score (nSPS) is 10.5. The van der Waals surface area contributed by atoms with Crippen LogP contribution < -0.4 is 4.74 Å². The molecule has 0 spiro atoms. The molecular weight excluding hydrogens is 300 g/mol. The highest BCUT2D eigenvalue weighted by Gasteiger charge is 2.12. The van der Waals surface area contributed by atoms with E-state index in [0.717, 1.165) is 22.4 Å². The highest BCUT2D eigenvalue weighted by Crippen LogP contribution is 2.33. The molecule has 24 heavy (non-hydrogen) atoms. The number of ether oxygens (including phenoxy) is 2. The molecule has 0 unspecified atom stereocenters. The van der Waals surface area contributed by atoms with Gasteiger partial charge in [0.1, 0.15) is 5.75 Å². The minimum absolute atomic E-state index is 0.342. The molecule has 0 bridgehead atoms. The smallest absolute Gasteiger partial charge is 0.338 e. The third-order valence-electron chi connectivity index (χ3n) is 3.96. The lowest BCUT2D eigenvalue weighted by atomic mass is 9.95. The zero-order valence-corrected chi connectivity index (χ0v) is 14.8. The molecule has 0 amide bonds. The molecule has 0 saturated heterocycles. The first-order chi connectivity index (χ1) is 11.5. The van der Waals surface area contributed by atoms with Crippen molar-refractivity contribution < 1.29 is 14.3 Å². The van der Waals surface area contributed by atoms with Crippen LogP contribution in [0.3, 0.4) is 0 Å². The van der Waals surface area contributed by atoms with Crippen molar-refractivity contribution in [1.29, 1.82) is 0 Å². The van der Waals surface area contributed by atoms with E-state index in [1.54, 1.807) is 14.0 Å². The molecule has 3 nitrogen and oxygen atoms in total. The molecule has 0 atom stereocenters. The molecule has 3 heteroatoms. The fourth-order valence-corrected chi connectivity index (χ4v) is 2.50. The Balaban J connectivity index is 2.35. The van der Waals surface area contributed by atoms with Crippen LogP contribution in [0.5, 0.6) is 5.75 Å². The Morgan fingerprint density at radius 3 is 2.33 bits per heavy atom. The number of rotatable bonds is 6. The van der Waals surface area contributed by atoms with Gasteiger partial charge in [0.25, 0.3) is 0 Å². The lowest BCUT2D eigenvalue weighted by molar-refractivity contribution is -0.136. The van der Waals surface area contributed by atoms with Gasteiger partial charge in [0.15, 0.2) is 0 Å². The van der Waals surface area contributed by atoms with Crippen molar-refractivity contribution in [3.8, 4) is 16.9 Å². The second-order valence-electron chi connectivity index (χ2n) is 5.89. The summed E-state index contributed by atoms with van der Waals surface area (Å²) in [6.45, 7) is 10.3. The predicted octanol–water partition coefficient (Wildman–Crippen LogP) is 5.06. The van der Waals surface area contributed by atoms with Gasteiger partial charge in [-0.15, -0.1) is 0 Å². The SMILES string of the molecule is C=C(C(=O)OCC)c1ccc(-c2cc(C(C)C)ccc2OC)cc1. The molecular formula is C21H24O3. The summed E-state index contributed by atoms with van der Waals surface area (Å²) in [5.41, 5.74) is 4.46. The van der Waals surface area contributed by atoms with Crippen LogP contribution in [0.1, 0.15) is 37.8 Å². The van der Waals surface area contributed by atoms with Gasteiger partial charge in [0.05, 0.1) is 19.3 Å². The van der Waals surface area contributed by atoms with Gasteiger partial charge in [-0.1, -0.05) is 50.8 Å². The van der Waals surface area contributed by atoms with Crippen molar-refractivity contribution in [3.63, 3.8) is 0 Å². The molecule has 2 rings (SSSR count). The highest BCUT2D eigenvalue weighted by atomic mass is 16.5. The molecule has 0 fully saturated rings. The molecule has 0 heterocycles. The number of methoxy groups -OCH3 is 1. The van der Waals surface area contributed by atoms with Gasteiger partial charge in [-0.05, 0) is 41.7 Å². The van der Waals surface area contributed by atoms with Crippen LogP contribution in [-0.2, 0) is 9.53 Å². The number of carbonyl (C=O) groups excluding carboxylic acids is 1. The van der Waals surface area contributed by atoms with Crippen LogP contribution in [0.2, 0.25) is 0 Å². The molecule has 2 aromatic rings. The van der Waals surface area contributed by atoms with E-state index >= 15 is 0 Å². The fraction of sp³-hybridized carbons (Fsp3) is 0.286. The Morgan fingerprint density at radius 2 is 1.79 bits per heavy atom. The molecule has 0 aliphatic rings. The third-order valence-corrected chi connectivity index (χ3v) is 3.96. The van der Waals surface area contributed by atoms with Crippen molar-refractivity contribution in [3.05, 3.63) is 60.2 Å². The number of benzene rings is 2. The van der Waals surface area contributed by atoms with Gasteiger partial charge in [-0.3, -0.25) is 0 Å². The molecule has 126 valence electrons. The number of hydrogen-bond acceptors (Lipinski definition) is 3. The lowest BCUT2D eigenvalue weighted by Crippen LogP contribution is -2.05. The van der Waals surface area contributed by atoms with E-state index in [0.29, 0.717) is 18.1 Å². The zero-order valence-electron chi connectivity index (χ0n) is 14.8. The van der Waals surface area contributed by atoms with Crippen LogP contribution in [0.15, 0.2) is 49.0 Å². The van der Waals surface area contributed by atoms with Crippen molar-refractivity contribution in [2.24, 2.45) is 0 Å². The second kappa shape index (κ2) is 7.82. The number of esters is 1. The summed E-state index contributed by atoms with van der Waals surface area (Å²) in [6, 6.07) is 14.0. The first-order valence-corrected chi connectivity index (χ1v) is 8.12. The van der Waals surface area contributed by atoms with Crippen LogP contribution in [0.4, 0.5) is 0 Å². The summed E-state index contributed by atoms with van der Waals surface area (Å²) >= 11 is 0. The van der Waals surface area contributed by atoms with Gasteiger partial charge in [-0.25, -0.2) is 4.79 Å². The maximum absolute atomic E-state index is 11.8. The molecule has 0 saturated carbocycles. The minimum Gasteiger partial charge on any atom is -0.496 e. The van der Waals surface area contributed by atoms with Gasteiger partial charge < -0.3 is 9.47 Å². The Bertz CT molecular complexity index is 727. The predicted molar refractivity (Wildman–Crippen MR) is 98.2 cm³/mol. The first-order valence-electron chi connectivity index (χ1n) is 8.12. The summed E-state index contributed by atoms with van der Waals surface area (Å²) < 4.78 is 10.5. The van der Waals surface area contributed by atoms with Gasteiger partial charge in [0.2, 0.25) is 0 Å². The maximum atomic E-state index is 11.8. The largest absolute Gasteiger partial charge is 0.496 e. The van der Waals surface area contributed by atoms with E-state index < -0.39 is 0 Å². The van der Waals surface area contributed by atoms with Crippen molar-refractivity contribution in [2.45, 2.75) is 26.7 Å². The summed E-state index contributed by atoms with van der Waals surface area (Å²) in [5.74, 6) is 0.888. The third kappa shape index (κ3) is 3.85. The van der Waals surface area contributed by atoms with E-state index in [2.05, 4.69) is 32.6 Å². The molecule has 2 aromatic carbocycles. The van der Waals surface area contributed by atoms with Crippen molar-refractivity contribution in [1.82, 2.24) is 0 Å².